The summed E-state index contributed by atoms with van der Waals surface area (Å²) in [6.07, 6.45) is 2.38. The number of anilines is 1. The Morgan fingerprint density at radius 1 is 1.30 bits per heavy atom. The molecule has 0 atom stereocenters. The van der Waals surface area contributed by atoms with Gasteiger partial charge in [-0.25, -0.2) is 0 Å². The lowest BCUT2D eigenvalue weighted by atomic mass is 9.97. The van der Waals surface area contributed by atoms with Gasteiger partial charge in [0.25, 0.3) is 0 Å². The van der Waals surface area contributed by atoms with E-state index >= 15 is 0 Å². The molecule has 0 spiro atoms. The quantitative estimate of drug-likeness (QED) is 0.288. The van der Waals surface area contributed by atoms with Crippen molar-refractivity contribution < 1.29 is 14.3 Å². The number of aliphatic imine (C=N–C) groups is 1. The van der Waals surface area contributed by atoms with Crippen LogP contribution in [0, 0.1) is 5.92 Å². The number of likely N-dealkylation sites (tertiary alicyclic amines) is 1. The summed E-state index contributed by atoms with van der Waals surface area (Å²) in [5.41, 5.74) is 1.98. The third kappa shape index (κ3) is 7.00. The molecule has 0 unspecified atom stereocenters. The Hall–Kier alpha value is -1.84. The molecule has 7 nitrogen and oxygen atoms in total. The monoisotopic (exact) mass is 488 g/mol. The van der Waals surface area contributed by atoms with E-state index in [1.54, 1.807) is 7.05 Å². The summed E-state index contributed by atoms with van der Waals surface area (Å²) >= 11 is 0. The van der Waals surface area contributed by atoms with Crippen molar-refractivity contribution in [3.05, 3.63) is 29.8 Å². The van der Waals surface area contributed by atoms with E-state index in [-0.39, 0.29) is 48.3 Å². The summed E-state index contributed by atoms with van der Waals surface area (Å²) in [5.74, 6) is 0.347. The molecule has 1 aromatic rings. The van der Waals surface area contributed by atoms with Gasteiger partial charge in [-0.2, -0.15) is 0 Å². The summed E-state index contributed by atoms with van der Waals surface area (Å²) in [6, 6.07) is 7.83. The van der Waals surface area contributed by atoms with E-state index in [0.717, 1.165) is 24.9 Å². The number of esters is 1. The lowest BCUT2D eigenvalue weighted by Crippen LogP contribution is -2.48. The van der Waals surface area contributed by atoms with Crippen LogP contribution < -0.4 is 10.6 Å². The van der Waals surface area contributed by atoms with Crippen molar-refractivity contribution in [2.75, 3.05) is 39.1 Å². The van der Waals surface area contributed by atoms with Gasteiger partial charge in [0.05, 0.1) is 19.6 Å². The van der Waals surface area contributed by atoms with Crippen LogP contribution in [0.3, 0.4) is 0 Å². The molecule has 1 amide bonds. The van der Waals surface area contributed by atoms with Crippen molar-refractivity contribution in [3.8, 4) is 0 Å². The van der Waals surface area contributed by atoms with Crippen LogP contribution in [-0.4, -0.2) is 56.5 Å². The number of ether oxygens (including phenoxy) is 1. The molecule has 0 bridgehead atoms. The summed E-state index contributed by atoms with van der Waals surface area (Å²) in [4.78, 5) is 30.1. The number of amides is 1. The first-order valence-electron chi connectivity index (χ1n) is 8.99. The largest absolute Gasteiger partial charge is 0.469 e. The molecule has 27 heavy (non-hydrogen) atoms. The minimum atomic E-state index is -0.152. The van der Waals surface area contributed by atoms with Crippen LogP contribution in [0.2, 0.25) is 0 Å². The maximum absolute atomic E-state index is 12.2. The number of rotatable bonds is 5. The zero-order valence-electron chi connectivity index (χ0n) is 16.2. The highest BCUT2D eigenvalue weighted by Crippen LogP contribution is 2.18. The smallest absolute Gasteiger partial charge is 0.308 e. The molecule has 1 saturated heterocycles. The molecule has 150 valence electrons. The maximum Gasteiger partial charge on any atom is 0.308 e. The van der Waals surface area contributed by atoms with Crippen LogP contribution in [0.5, 0.6) is 0 Å². The molecule has 2 rings (SSSR count). The Balaban J connectivity index is 0.00000364. The van der Waals surface area contributed by atoms with Gasteiger partial charge in [0.15, 0.2) is 5.96 Å². The lowest BCUT2D eigenvalue weighted by Gasteiger charge is -2.33. The molecule has 1 aliphatic rings. The predicted octanol–water partition coefficient (Wildman–Crippen LogP) is 2.27. The lowest BCUT2D eigenvalue weighted by molar-refractivity contribution is -0.146. The van der Waals surface area contributed by atoms with Crippen LogP contribution in [0.1, 0.15) is 25.3 Å². The van der Waals surface area contributed by atoms with Gasteiger partial charge in [0.2, 0.25) is 5.91 Å². The Bertz CT molecular complexity index is 658. The number of halogens is 1. The van der Waals surface area contributed by atoms with E-state index in [2.05, 4.69) is 27.4 Å². The summed E-state index contributed by atoms with van der Waals surface area (Å²) in [7, 11) is 3.11. The zero-order valence-corrected chi connectivity index (χ0v) is 18.5. The number of nitrogens with one attached hydrogen (secondary N) is 2. The summed E-state index contributed by atoms with van der Waals surface area (Å²) in [6.45, 7) is 3.63. The topological polar surface area (TPSA) is 83.0 Å². The van der Waals surface area contributed by atoms with E-state index in [4.69, 9.17) is 4.74 Å². The fourth-order valence-electron chi connectivity index (χ4n) is 3.06. The first kappa shape index (κ1) is 23.2. The van der Waals surface area contributed by atoms with Crippen LogP contribution in [0.15, 0.2) is 29.3 Å². The van der Waals surface area contributed by atoms with Crippen LogP contribution >= 0.6 is 24.0 Å². The second-order valence-corrected chi connectivity index (χ2v) is 6.29. The average Bonchev–Trinajstić information content (AvgIpc) is 2.68. The molecule has 1 aromatic carbocycles. The van der Waals surface area contributed by atoms with Crippen molar-refractivity contribution in [3.63, 3.8) is 0 Å². The van der Waals surface area contributed by atoms with Gasteiger partial charge in [0.1, 0.15) is 0 Å². The first-order valence-corrected chi connectivity index (χ1v) is 8.99. The van der Waals surface area contributed by atoms with Gasteiger partial charge in [-0.1, -0.05) is 19.1 Å². The number of benzene rings is 1. The van der Waals surface area contributed by atoms with Gasteiger partial charge in [-0.15, -0.1) is 24.0 Å². The highest BCUT2D eigenvalue weighted by molar-refractivity contribution is 14.0. The number of hydrogen-bond acceptors (Lipinski definition) is 4. The van der Waals surface area contributed by atoms with Crippen LogP contribution in [0.4, 0.5) is 5.69 Å². The third-order valence-electron chi connectivity index (χ3n) is 4.57. The van der Waals surface area contributed by atoms with E-state index in [1.807, 2.05) is 24.3 Å². The Morgan fingerprint density at radius 3 is 2.59 bits per heavy atom. The highest BCUT2D eigenvalue weighted by atomic mass is 127. The SMILES string of the molecule is CCc1cccc(NC(=O)CNC(=NC)N2CCC(C(=O)OC)CC2)c1.I. The van der Waals surface area contributed by atoms with Crippen molar-refractivity contribution >= 4 is 47.5 Å². The molecule has 0 radical (unpaired) electrons. The van der Waals surface area contributed by atoms with E-state index in [9.17, 15) is 9.59 Å². The number of methoxy groups -OCH3 is 1. The number of carbonyl (C=O) groups excluding carboxylic acids is 2. The van der Waals surface area contributed by atoms with Gasteiger partial charge in [0, 0.05) is 25.8 Å². The fourth-order valence-corrected chi connectivity index (χ4v) is 3.06. The summed E-state index contributed by atoms with van der Waals surface area (Å²) < 4.78 is 4.81. The molecule has 1 fully saturated rings. The van der Waals surface area contributed by atoms with Crippen molar-refractivity contribution in [2.24, 2.45) is 10.9 Å². The van der Waals surface area contributed by atoms with E-state index in [1.165, 1.54) is 12.7 Å². The molecule has 0 aliphatic carbocycles. The normalized spacial score (nSPS) is 14.9. The predicted molar refractivity (Wildman–Crippen MR) is 118 cm³/mol. The molecule has 0 aromatic heterocycles. The number of guanidine groups is 1. The standard InChI is InChI=1S/C19H28N4O3.HI/c1-4-14-6-5-7-16(12-14)22-17(24)13-21-19(20-2)23-10-8-15(9-11-23)18(25)26-3;/h5-7,12,15H,4,8-11,13H2,1-3H3,(H,20,21)(H,22,24);1H. The number of carbonyl (C=O) groups is 2. The second-order valence-electron chi connectivity index (χ2n) is 6.29. The highest BCUT2D eigenvalue weighted by Gasteiger charge is 2.27. The van der Waals surface area contributed by atoms with Gasteiger partial charge < -0.3 is 20.3 Å². The second kappa shape index (κ2) is 11.8. The zero-order chi connectivity index (χ0) is 18.9. The number of hydrogen-bond donors (Lipinski definition) is 2. The number of nitrogens with zero attached hydrogens (tertiary/aromatic N) is 2. The molecule has 2 N–H and O–H groups in total. The minimum Gasteiger partial charge on any atom is -0.469 e. The van der Waals surface area contributed by atoms with Crippen molar-refractivity contribution in [1.82, 2.24) is 10.2 Å². The molecule has 1 heterocycles. The molecular weight excluding hydrogens is 459 g/mol. The Morgan fingerprint density at radius 2 is 2.00 bits per heavy atom. The van der Waals surface area contributed by atoms with E-state index in [0.29, 0.717) is 19.0 Å². The average molecular weight is 488 g/mol. The third-order valence-corrected chi connectivity index (χ3v) is 4.57. The maximum atomic E-state index is 12.2. The first-order chi connectivity index (χ1) is 12.6. The molecule has 1 aliphatic heterocycles. The van der Waals surface area contributed by atoms with Gasteiger partial charge in [-0.3, -0.25) is 14.6 Å². The van der Waals surface area contributed by atoms with E-state index < -0.39 is 0 Å². The molecule has 0 saturated carbocycles. The summed E-state index contributed by atoms with van der Waals surface area (Å²) in [5, 5.41) is 5.99. The Kier molecular flexibility index (Phi) is 10.1. The Labute approximate surface area is 178 Å². The number of piperidine rings is 1. The molecular formula is C19H29IN4O3. The van der Waals surface area contributed by atoms with Gasteiger partial charge >= 0.3 is 5.97 Å². The minimum absolute atomic E-state index is 0. The van der Waals surface area contributed by atoms with Crippen LogP contribution in [-0.2, 0) is 20.7 Å². The van der Waals surface area contributed by atoms with Crippen molar-refractivity contribution in [2.45, 2.75) is 26.2 Å². The van der Waals surface area contributed by atoms with Crippen LogP contribution in [0.25, 0.3) is 0 Å². The van der Waals surface area contributed by atoms with Gasteiger partial charge in [-0.05, 0) is 37.0 Å². The molecule has 8 heteroatoms. The number of aryl methyl sites for hydroxylation is 1. The fraction of sp³-hybridized carbons (Fsp3) is 0.526. The van der Waals surface area contributed by atoms with Crippen molar-refractivity contribution in [1.29, 1.82) is 0 Å².